The minimum atomic E-state index is -0.248. The van der Waals surface area contributed by atoms with Crippen molar-refractivity contribution in [3.8, 4) is 0 Å². The lowest BCUT2D eigenvalue weighted by atomic mass is 10.2. The van der Waals surface area contributed by atoms with E-state index >= 15 is 0 Å². The van der Waals surface area contributed by atoms with Crippen LogP contribution in [-0.2, 0) is 0 Å². The molecule has 1 N–H and O–H groups in total. The summed E-state index contributed by atoms with van der Waals surface area (Å²) >= 11 is 0. The molecule has 1 aliphatic rings. The zero-order valence-electron chi connectivity index (χ0n) is 9.71. The molecule has 2 aromatic rings. The molecule has 5 heteroatoms. The van der Waals surface area contributed by atoms with Crippen LogP contribution >= 0.6 is 0 Å². The van der Waals surface area contributed by atoms with Crippen LogP contribution < -0.4 is 5.32 Å². The van der Waals surface area contributed by atoms with E-state index in [0.29, 0.717) is 17.3 Å². The van der Waals surface area contributed by atoms with E-state index in [-0.39, 0.29) is 5.91 Å². The summed E-state index contributed by atoms with van der Waals surface area (Å²) < 4.78 is 0. The highest BCUT2D eigenvalue weighted by Crippen LogP contribution is 2.39. The van der Waals surface area contributed by atoms with Crippen molar-refractivity contribution in [2.75, 3.05) is 5.32 Å². The minimum Gasteiger partial charge on any atom is -0.306 e. The fraction of sp³-hybridized carbons (Fsp3) is 0.231. The van der Waals surface area contributed by atoms with E-state index in [1.807, 2.05) is 18.3 Å². The van der Waals surface area contributed by atoms with Gasteiger partial charge in [-0.15, -0.1) is 0 Å². The SMILES string of the molecule is O=C(Nc1ccc(C2CC2)cn1)c1cncnc1. The van der Waals surface area contributed by atoms with Gasteiger partial charge in [0.25, 0.3) is 5.91 Å². The molecule has 0 spiro atoms. The number of carbonyl (C=O) groups is 1. The molecule has 0 bridgehead atoms. The molecule has 2 heterocycles. The number of nitrogens with zero attached hydrogens (tertiary/aromatic N) is 3. The number of hydrogen-bond donors (Lipinski definition) is 1. The van der Waals surface area contributed by atoms with Crippen LogP contribution in [0.5, 0.6) is 0 Å². The molecular formula is C13H12N4O. The van der Waals surface area contributed by atoms with Crippen LogP contribution in [0.2, 0.25) is 0 Å². The zero-order chi connectivity index (χ0) is 12.4. The van der Waals surface area contributed by atoms with Gasteiger partial charge in [0.1, 0.15) is 12.1 Å². The standard InChI is InChI=1S/C13H12N4O/c18-13(11-5-14-8-15-6-11)17-12-4-3-10(7-16-12)9-1-2-9/h3-9H,1-2H2,(H,16,17,18). The van der Waals surface area contributed by atoms with E-state index in [9.17, 15) is 4.79 Å². The Labute approximate surface area is 104 Å². The Morgan fingerprint density at radius 3 is 2.56 bits per heavy atom. The first-order valence-corrected chi connectivity index (χ1v) is 5.85. The van der Waals surface area contributed by atoms with E-state index < -0.39 is 0 Å². The van der Waals surface area contributed by atoms with Crippen molar-refractivity contribution >= 4 is 11.7 Å². The molecule has 0 unspecified atom stereocenters. The molecule has 3 rings (SSSR count). The topological polar surface area (TPSA) is 67.8 Å². The third kappa shape index (κ3) is 2.34. The number of anilines is 1. The van der Waals surface area contributed by atoms with Gasteiger partial charge in [-0.3, -0.25) is 4.79 Å². The number of nitrogens with one attached hydrogen (secondary N) is 1. The van der Waals surface area contributed by atoms with E-state index in [2.05, 4.69) is 20.3 Å². The second-order valence-corrected chi connectivity index (χ2v) is 4.33. The monoisotopic (exact) mass is 240 g/mol. The van der Waals surface area contributed by atoms with Crippen LogP contribution in [-0.4, -0.2) is 20.9 Å². The zero-order valence-corrected chi connectivity index (χ0v) is 9.71. The third-order valence-electron chi connectivity index (χ3n) is 2.90. The first-order chi connectivity index (χ1) is 8.83. The van der Waals surface area contributed by atoms with E-state index in [1.54, 1.807) is 0 Å². The number of carbonyl (C=O) groups excluding carboxylic acids is 1. The summed E-state index contributed by atoms with van der Waals surface area (Å²) in [4.78, 5) is 23.6. The Kier molecular flexibility index (Phi) is 2.72. The van der Waals surface area contributed by atoms with Crippen LogP contribution in [0.25, 0.3) is 0 Å². The molecule has 5 nitrogen and oxygen atoms in total. The maximum absolute atomic E-state index is 11.8. The molecule has 0 aliphatic heterocycles. The molecule has 0 atom stereocenters. The number of hydrogen-bond acceptors (Lipinski definition) is 4. The normalized spacial score (nSPS) is 14.2. The lowest BCUT2D eigenvalue weighted by molar-refractivity contribution is 0.102. The summed E-state index contributed by atoms with van der Waals surface area (Å²) in [7, 11) is 0. The predicted molar refractivity (Wildman–Crippen MR) is 66.2 cm³/mol. The fourth-order valence-electron chi connectivity index (χ4n) is 1.74. The molecule has 90 valence electrons. The van der Waals surface area contributed by atoms with Crippen molar-refractivity contribution in [3.63, 3.8) is 0 Å². The molecule has 18 heavy (non-hydrogen) atoms. The molecule has 0 aromatic carbocycles. The third-order valence-corrected chi connectivity index (χ3v) is 2.90. The molecule has 1 saturated carbocycles. The summed E-state index contributed by atoms with van der Waals surface area (Å²) in [6.07, 6.45) is 8.65. The molecule has 1 amide bonds. The van der Waals surface area contributed by atoms with Crippen LogP contribution in [0.15, 0.2) is 37.1 Å². The quantitative estimate of drug-likeness (QED) is 0.891. The number of aromatic nitrogens is 3. The van der Waals surface area contributed by atoms with Gasteiger partial charge in [0.15, 0.2) is 0 Å². The van der Waals surface area contributed by atoms with Crippen molar-refractivity contribution in [1.29, 1.82) is 0 Å². The minimum absolute atomic E-state index is 0.248. The Bertz CT molecular complexity index is 549. The number of amides is 1. The second kappa shape index (κ2) is 4.52. The lowest BCUT2D eigenvalue weighted by Gasteiger charge is -2.04. The highest BCUT2D eigenvalue weighted by molar-refractivity contribution is 6.03. The van der Waals surface area contributed by atoms with Gasteiger partial charge in [-0.05, 0) is 30.4 Å². The largest absolute Gasteiger partial charge is 0.306 e. The summed E-state index contributed by atoms with van der Waals surface area (Å²) in [5.74, 6) is 0.972. The Morgan fingerprint density at radius 2 is 1.94 bits per heavy atom. The summed E-state index contributed by atoms with van der Waals surface area (Å²) in [5.41, 5.74) is 1.67. The van der Waals surface area contributed by atoms with Gasteiger partial charge in [0.2, 0.25) is 0 Å². The molecule has 1 aliphatic carbocycles. The van der Waals surface area contributed by atoms with Crippen LogP contribution in [0.1, 0.15) is 34.7 Å². The highest BCUT2D eigenvalue weighted by atomic mass is 16.1. The lowest BCUT2D eigenvalue weighted by Crippen LogP contribution is -2.13. The molecule has 0 radical (unpaired) electrons. The number of rotatable bonds is 3. The van der Waals surface area contributed by atoms with Gasteiger partial charge in [0, 0.05) is 18.6 Å². The smallest absolute Gasteiger partial charge is 0.259 e. The predicted octanol–water partition coefficient (Wildman–Crippen LogP) is 2.00. The molecule has 1 fully saturated rings. The van der Waals surface area contributed by atoms with Crippen molar-refractivity contribution in [2.24, 2.45) is 0 Å². The van der Waals surface area contributed by atoms with E-state index in [1.165, 1.54) is 37.1 Å². The first kappa shape index (κ1) is 10.8. The maximum atomic E-state index is 11.8. The molecule has 2 aromatic heterocycles. The first-order valence-electron chi connectivity index (χ1n) is 5.85. The van der Waals surface area contributed by atoms with Crippen molar-refractivity contribution in [2.45, 2.75) is 18.8 Å². The van der Waals surface area contributed by atoms with Crippen molar-refractivity contribution in [3.05, 3.63) is 48.2 Å². The van der Waals surface area contributed by atoms with Crippen LogP contribution in [0.3, 0.4) is 0 Å². The van der Waals surface area contributed by atoms with Gasteiger partial charge < -0.3 is 5.32 Å². The van der Waals surface area contributed by atoms with Gasteiger partial charge in [-0.1, -0.05) is 6.07 Å². The fourth-order valence-corrected chi connectivity index (χ4v) is 1.74. The molecule has 0 saturated heterocycles. The Balaban J connectivity index is 1.70. The molecular weight excluding hydrogens is 228 g/mol. The highest BCUT2D eigenvalue weighted by Gasteiger charge is 2.23. The second-order valence-electron chi connectivity index (χ2n) is 4.33. The van der Waals surface area contributed by atoms with Gasteiger partial charge >= 0.3 is 0 Å². The van der Waals surface area contributed by atoms with Crippen LogP contribution in [0.4, 0.5) is 5.82 Å². The van der Waals surface area contributed by atoms with Gasteiger partial charge in [-0.2, -0.15) is 0 Å². The van der Waals surface area contributed by atoms with E-state index in [0.717, 1.165) is 0 Å². The average Bonchev–Trinajstić information content (AvgIpc) is 3.25. The summed E-state index contributed by atoms with van der Waals surface area (Å²) in [6, 6.07) is 3.84. The summed E-state index contributed by atoms with van der Waals surface area (Å²) in [6.45, 7) is 0. The summed E-state index contributed by atoms with van der Waals surface area (Å²) in [5, 5.41) is 2.71. The van der Waals surface area contributed by atoms with Gasteiger partial charge in [-0.25, -0.2) is 15.0 Å². The van der Waals surface area contributed by atoms with Gasteiger partial charge in [0.05, 0.1) is 5.56 Å². The van der Waals surface area contributed by atoms with Crippen LogP contribution in [0, 0.1) is 0 Å². The van der Waals surface area contributed by atoms with Crippen molar-refractivity contribution in [1.82, 2.24) is 15.0 Å². The van der Waals surface area contributed by atoms with E-state index in [4.69, 9.17) is 0 Å². The number of pyridine rings is 1. The maximum Gasteiger partial charge on any atom is 0.259 e. The average molecular weight is 240 g/mol. The van der Waals surface area contributed by atoms with Crippen molar-refractivity contribution < 1.29 is 4.79 Å². The Morgan fingerprint density at radius 1 is 1.17 bits per heavy atom. The Hall–Kier alpha value is -2.30.